The monoisotopic (exact) mass is 409 g/mol. The van der Waals surface area contributed by atoms with E-state index in [1.54, 1.807) is 0 Å². The minimum absolute atomic E-state index is 0.0448. The fourth-order valence-electron chi connectivity index (χ4n) is 3.59. The molecule has 0 aliphatic carbocycles. The number of carbonyl (C=O) groups excluding carboxylic acids is 1. The Balaban J connectivity index is 2.18. The number of hydrogen-bond acceptors (Lipinski definition) is 2. The molecule has 0 radical (unpaired) electrons. The molecule has 4 nitrogen and oxygen atoms in total. The van der Waals surface area contributed by atoms with Gasteiger partial charge in [-0.2, -0.15) is 0 Å². The fourth-order valence-corrected chi connectivity index (χ4v) is 3.72. The Morgan fingerprint density at radius 2 is 1.76 bits per heavy atom. The van der Waals surface area contributed by atoms with Crippen LogP contribution in [0.5, 0.6) is 0 Å². The number of aryl methyl sites for hydroxylation is 1. The smallest absolute Gasteiger partial charge is 0.253 e. The molecule has 5 heteroatoms. The fraction of sp³-hybridized carbons (Fsp3) is 0.292. The molecule has 29 heavy (non-hydrogen) atoms. The van der Waals surface area contributed by atoms with Gasteiger partial charge in [0.05, 0.1) is 11.3 Å². The van der Waals surface area contributed by atoms with Crippen molar-refractivity contribution < 1.29 is 4.79 Å². The molecule has 2 aromatic carbocycles. The normalized spacial score (nSPS) is 11.1. The van der Waals surface area contributed by atoms with Crippen LogP contribution in [0.3, 0.4) is 0 Å². The minimum Gasteiger partial charge on any atom is -0.351 e. The van der Waals surface area contributed by atoms with Gasteiger partial charge in [-0.1, -0.05) is 53.6 Å². The molecule has 0 aliphatic rings. The SMILES string of the molecule is Cc1cccc(-c2c(C(=O)NCCN(C)C)c(C)n(C)c2-c2ccc(Cl)cc2)c1. The van der Waals surface area contributed by atoms with Gasteiger partial charge in [-0.05, 0) is 51.2 Å². The Hall–Kier alpha value is -2.56. The lowest BCUT2D eigenvalue weighted by atomic mass is 9.95. The molecule has 0 spiro atoms. The Morgan fingerprint density at radius 1 is 1.07 bits per heavy atom. The number of benzene rings is 2. The Labute approximate surface area is 178 Å². The van der Waals surface area contributed by atoms with E-state index in [1.165, 1.54) is 0 Å². The molecule has 0 fully saturated rings. The lowest BCUT2D eigenvalue weighted by molar-refractivity contribution is 0.0951. The minimum atomic E-state index is -0.0448. The summed E-state index contributed by atoms with van der Waals surface area (Å²) in [4.78, 5) is 15.3. The van der Waals surface area contributed by atoms with Crippen molar-refractivity contribution in [3.05, 3.63) is 70.4 Å². The number of carbonyl (C=O) groups is 1. The second-order valence-corrected chi connectivity index (χ2v) is 8.12. The largest absolute Gasteiger partial charge is 0.351 e. The maximum absolute atomic E-state index is 13.2. The zero-order valence-corrected chi connectivity index (χ0v) is 18.5. The number of amides is 1. The van der Waals surface area contributed by atoms with Crippen LogP contribution in [0.25, 0.3) is 22.4 Å². The maximum atomic E-state index is 13.2. The van der Waals surface area contributed by atoms with Crippen molar-refractivity contribution in [1.29, 1.82) is 0 Å². The van der Waals surface area contributed by atoms with Crippen molar-refractivity contribution in [3.8, 4) is 22.4 Å². The van der Waals surface area contributed by atoms with Gasteiger partial charge in [0.25, 0.3) is 5.91 Å². The number of nitrogens with one attached hydrogen (secondary N) is 1. The summed E-state index contributed by atoms with van der Waals surface area (Å²) < 4.78 is 2.10. The van der Waals surface area contributed by atoms with E-state index in [4.69, 9.17) is 11.6 Å². The summed E-state index contributed by atoms with van der Waals surface area (Å²) in [5.41, 5.74) is 6.86. The lowest BCUT2D eigenvalue weighted by Gasteiger charge is -2.13. The maximum Gasteiger partial charge on any atom is 0.253 e. The molecule has 1 amide bonds. The number of hydrogen-bond donors (Lipinski definition) is 1. The molecule has 0 saturated heterocycles. The zero-order chi connectivity index (χ0) is 21.1. The van der Waals surface area contributed by atoms with Crippen molar-refractivity contribution in [2.75, 3.05) is 27.2 Å². The first-order valence-corrected chi connectivity index (χ1v) is 10.1. The van der Waals surface area contributed by atoms with Gasteiger partial charge in [0.1, 0.15) is 0 Å². The number of rotatable bonds is 6. The molecule has 3 rings (SSSR count). The average molecular weight is 410 g/mol. The van der Waals surface area contributed by atoms with E-state index in [0.29, 0.717) is 11.6 Å². The highest BCUT2D eigenvalue weighted by atomic mass is 35.5. The highest BCUT2D eigenvalue weighted by Gasteiger charge is 2.25. The van der Waals surface area contributed by atoms with Crippen LogP contribution < -0.4 is 5.32 Å². The Morgan fingerprint density at radius 3 is 2.38 bits per heavy atom. The third-order valence-corrected chi connectivity index (χ3v) is 5.44. The summed E-state index contributed by atoms with van der Waals surface area (Å²) in [6, 6.07) is 16.1. The van der Waals surface area contributed by atoms with Gasteiger partial charge >= 0.3 is 0 Å². The number of halogens is 1. The Bertz CT molecular complexity index is 1020. The summed E-state index contributed by atoms with van der Waals surface area (Å²) in [7, 11) is 6.00. The summed E-state index contributed by atoms with van der Waals surface area (Å²) in [5, 5.41) is 3.77. The van der Waals surface area contributed by atoms with E-state index >= 15 is 0 Å². The highest BCUT2D eigenvalue weighted by Crippen LogP contribution is 2.39. The second-order valence-electron chi connectivity index (χ2n) is 7.68. The van der Waals surface area contributed by atoms with Crippen LogP contribution >= 0.6 is 11.6 Å². The summed E-state index contributed by atoms with van der Waals surface area (Å²) in [5.74, 6) is -0.0448. The second kappa shape index (κ2) is 8.85. The number of nitrogens with zero attached hydrogens (tertiary/aromatic N) is 2. The predicted octanol–water partition coefficient (Wildman–Crippen LogP) is 4.92. The predicted molar refractivity (Wildman–Crippen MR) is 122 cm³/mol. The summed E-state index contributed by atoms with van der Waals surface area (Å²) in [6.07, 6.45) is 0. The molecule has 0 saturated carbocycles. The topological polar surface area (TPSA) is 37.3 Å². The molecule has 3 aromatic rings. The molecular weight excluding hydrogens is 382 g/mol. The molecule has 1 N–H and O–H groups in total. The van der Waals surface area contributed by atoms with Crippen molar-refractivity contribution in [2.45, 2.75) is 13.8 Å². The van der Waals surface area contributed by atoms with Crippen LogP contribution in [0.15, 0.2) is 48.5 Å². The van der Waals surface area contributed by atoms with Gasteiger partial charge in [-0.25, -0.2) is 0 Å². The van der Waals surface area contributed by atoms with Crippen LogP contribution in [0.2, 0.25) is 5.02 Å². The van der Waals surface area contributed by atoms with Gasteiger partial charge in [-0.15, -0.1) is 0 Å². The van der Waals surface area contributed by atoms with E-state index in [0.717, 1.165) is 45.7 Å². The van der Waals surface area contributed by atoms with Gasteiger partial charge in [0.15, 0.2) is 0 Å². The zero-order valence-electron chi connectivity index (χ0n) is 17.7. The van der Waals surface area contributed by atoms with Crippen molar-refractivity contribution in [1.82, 2.24) is 14.8 Å². The molecule has 152 valence electrons. The third-order valence-electron chi connectivity index (χ3n) is 5.18. The van der Waals surface area contributed by atoms with Crippen LogP contribution in [-0.4, -0.2) is 42.6 Å². The Kier molecular flexibility index (Phi) is 6.46. The van der Waals surface area contributed by atoms with Crippen LogP contribution in [-0.2, 0) is 7.05 Å². The van der Waals surface area contributed by atoms with E-state index in [-0.39, 0.29) is 5.91 Å². The number of likely N-dealkylation sites (N-methyl/N-ethyl adjacent to an activating group) is 1. The summed E-state index contributed by atoms with van der Waals surface area (Å²) in [6.45, 7) is 5.46. The van der Waals surface area contributed by atoms with Gasteiger partial charge in [0.2, 0.25) is 0 Å². The number of aromatic nitrogens is 1. The van der Waals surface area contributed by atoms with Crippen molar-refractivity contribution in [2.24, 2.45) is 7.05 Å². The molecular formula is C24H28ClN3O. The van der Waals surface area contributed by atoms with Gasteiger partial charge < -0.3 is 14.8 Å². The standard InChI is InChI=1S/C24H28ClN3O/c1-16-7-6-8-19(15-16)22-21(24(29)26-13-14-27(3)4)17(2)28(5)23(22)18-9-11-20(25)12-10-18/h6-12,15H,13-14H2,1-5H3,(H,26,29). The third kappa shape index (κ3) is 4.55. The van der Waals surface area contributed by atoms with Crippen molar-refractivity contribution >= 4 is 17.5 Å². The van der Waals surface area contributed by atoms with E-state index in [2.05, 4.69) is 39.9 Å². The molecule has 0 aliphatic heterocycles. The summed E-state index contributed by atoms with van der Waals surface area (Å²) >= 11 is 6.11. The van der Waals surface area contributed by atoms with Crippen LogP contribution in [0, 0.1) is 13.8 Å². The average Bonchev–Trinajstić information content (AvgIpc) is 2.93. The molecule has 0 unspecified atom stereocenters. The van der Waals surface area contributed by atoms with Crippen LogP contribution in [0.4, 0.5) is 0 Å². The molecule has 0 bridgehead atoms. The molecule has 1 aromatic heterocycles. The van der Waals surface area contributed by atoms with E-state index in [1.807, 2.05) is 58.4 Å². The van der Waals surface area contributed by atoms with E-state index in [9.17, 15) is 4.79 Å². The quantitative estimate of drug-likeness (QED) is 0.627. The molecule has 0 atom stereocenters. The van der Waals surface area contributed by atoms with Crippen molar-refractivity contribution in [3.63, 3.8) is 0 Å². The van der Waals surface area contributed by atoms with Gasteiger partial charge in [0, 0.05) is 36.4 Å². The first-order valence-electron chi connectivity index (χ1n) is 9.74. The van der Waals surface area contributed by atoms with Gasteiger partial charge in [-0.3, -0.25) is 4.79 Å². The molecule has 1 heterocycles. The van der Waals surface area contributed by atoms with E-state index < -0.39 is 0 Å². The highest BCUT2D eigenvalue weighted by molar-refractivity contribution is 6.30. The first kappa shape index (κ1) is 21.2. The van der Waals surface area contributed by atoms with Crippen LogP contribution in [0.1, 0.15) is 21.6 Å². The first-order chi connectivity index (χ1) is 13.8. The lowest BCUT2D eigenvalue weighted by Crippen LogP contribution is -2.31.